The molecule has 3 rings (SSSR count). The highest BCUT2D eigenvalue weighted by molar-refractivity contribution is 7.93. The minimum atomic E-state index is -3.93. The number of aromatic nitrogens is 3. The van der Waals surface area contributed by atoms with E-state index >= 15 is 0 Å². The van der Waals surface area contributed by atoms with Gasteiger partial charge in [-0.15, -0.1) is 11.3 Å². The van der Waals surface area contributed by atoms with Crippen LogP contribution in [0.3, 0.4) is 0 Å². The third kappa shape index (κ3) is 5.01. The first-order valence-corrected chi connectivity index (χ1v) is 11.4. The molecule has 10 heteroatoms. The molecule has 0 spiro atoms. The second kappa shape index (κ2) is 8.75. The zero-order chi connectivity index (χ0) is 21.0. The molecular weight excluding hydrogens is 412 g/mol. The minimum absolute atomic E-state index is 0.00236. The van der Waals surface area contributed by atoms with E-state index in [1.807, 2.05) is 44.2 Å². The number of hydrogen-bond donors (Lipinski definition) is 1. The van der Waals surface area contributed by atoms with Gasteiger partial charge in [-0.25, -0.2) is 13.4 Å². The van der Waals surface area contributed by atoms with E-state index in [1.54, 1.807) is 17.0 Å². The third-order valence-corrected chi connectivity index (χ3v) is 6.24. The van der Waals surface area contributed by atoms with Crippen molar-refractivity contribution < 1.29 is 17.9 Å². The van der Waals surface area contributed by atoms with Crippen molar-refractivity contribution in [3.63, 3.8) is 0 Å². The smallest absolute Gasteiger partial charge is 0.311 e. The van der Waals surface area contributed by atoms with Gasteiger partial charge >= 0.3 is 5.97 Å². The summed E-state index contributed by atoms with van der Waals surface area (Å²) in [5.74, 6) is -0.406. The molecule has 0 bridgehead atoms. The van der Waals surface area contributed by atoms with Crippen LogP contribution in [0.5, 0.6) is 0 Å². The molecule has 2 heterocycles. The summed E-state index contributed by atoms with van der Waals surface area (Å²) in [6.07, 6.45) is 1.51. The molecule has 2 aromatic heterocycles. The first-order valence-electron chi connectivity index (χ1n) is 9.07. The molecule has 0 unspecified atom stereocenters. The number of sulfonamides is 1. The molecule has 8 nitrogen and oxygen atoms in total. The highest BCUT2D eigenvalue weighted by Crippen LogP contribution is 2.29. The molecule has 1 N–H and O–H groups in total. The van der Waals surface area contributed by atoms with Gasteiger partial charge in [-0.05, 0) is 20.8 Å². The van der Waals surface area contributed by atoms with Crippen LogP contribution in [-0.4, -0.2) is 35.8 Å². The van der Waals surface area contributed by atoms with Crippen LogP contribution in [0.15, 0.2) is 46.8 Å². The van der Waals surface area contributed by atoms with Crippen molar-refractivity contribution in [2.45, 2.75) is 38.1 Å². The predicted octanol–water partition coefficient (Wildman–Crippen LogP) is 3.49. The Labute approximate surface area is 173 Å². The second-order valence-electron chi connectivity index (χ2n) is 6.51. The Bertz CT molecular complexity index is 1090. The number of nitrogens with one attached hydrogen (secondary N) is 1. The van der Waals surface area contributed by atoms with E-state index in [0.717, 1.165) is 11.3 Å². The lowest BCUT2D eigenvalue weighted by molar-refractivity contribution is -0.142. The van der Waals surface area contributed by atoms with Crippen molar-refractivity contribution in [1.29, 1.82) is 0 Å². The van der Waals surface area contributed by atoms with Gasteiger partial charge in [0.25, 0.3) is 10.0 Å². The number of hydrogen-bond acceptors (Lipinski definition) is 7. The quantitative estimate of drug-likeness (QED) is 0.544. The fraction of sp³-hybridized carbons (Fsp3) is 0.316. The normalized spacial score (nSPS) is 11.6. The van der Waals surface area contributed by atoms with E-state index in [9.17, 15) is 13.2 Å². The van der Waals surface area contributed by atoms with Gasteiger partial charge in [0.15, 0.2) is 5.13 Å². The summed E-state index contributed by atoms with van der Waals surface area (Å²) in [6, 6.07) is 9.14. The Morgan fingerprint density at radius 2 is 2.00 bits per heavy atom. The van der Waals surface area contributed by atoms with E-state index in [2.05, 4.69) is 14.8 Å². The van der Waals surface area contributed by atoms with Gasteiger partial charge in [-0.3, -0.25) is 14.2 Å². The van der Waals surface area contributed by atoms with Crippen LogP contribution in [0.1, 0.15) is 32.5 Å². The van der Waals surface area contributed by atoms with Crippen molar-refractivity contribution in [1.82, 2.24) is 14.8 Å². The zero-order valence-corrected chi connectivity index (χ0v) is 18.0. The first-order chi connectivity index (χ1) is 13.8. The van der Waals surface area contributed by atoms with Crippen LogP contribution >= 0.6 is 11.3 Å². The van der Waals surface area contributed by atoms with Crippen LogP contribution in [0.2, 0.25) is 0 Å². The number of esters is 1. The monoisotopic (exact) mass is 434 g/mol. The van der Waals surface area contributed by atoms with Crippen molar-refractivity contribution in [2.75, 3.05) is 11.3 Å². The third-order valence-electron chi connectivity index (χ3n) is 3.97. The minimum Gasteiger partial charge on any atom is -0.466 e. The maximum Gasteiger partial charge on any atom is 0.311 e. The summed E-state index contributed by atoms with van der Waals surface area (Å²) >= 11 is 1.11. The lowest BCUT2D eigenvalue weighted by atomic mass is 10.2. The van der Waals surface area contributed by atoms with Crippen molar-refractivity contribution >= 4 is 32.5 Å². The Morgan fingerprint density at radius 3 is 2.66 bits per heavy atom. The van der Waals surface area contributed by atoms with Crippen molar-refractivity contribution in [3.05, 3.63) is 47.6 Å². The summed E-state index contributed by atoms with van der Waals surface area (Å²) < 4.78 is 35.2. The van der Waals surface area contributed by atoms with Crippen LogP contribution in [-0.2, 0) is 26.0 Å². The number of anilines is 1. The Morgan fingerprint density at radius 1 is 1.28 bits per heavy atom. The second-order valence-corrected chi connectivity index (χ2v) is 9.02. The number of carbonyl (C=O) groups is 1. The predicted molar refractivity (Wildman–Crippen MR) is 111 cm³/mol. The van der Waals surface area contributed by atoms with Gasteiger partial charge in [0.05, 0.1) is 18.7 Å². The van der Waals surface area contributed by atoms with E-state index in [0.29, 0.717) is 17.0 Å². The summed E-state index contributed by atoms with van der Waals surface area (Å²) in [4.78, 5) is 15.8. The number of benzene rings is 1. The molecular formula is C19H22N4O4S2. The Hall–Kier alpha value is -2.72. The van der Waals surface area contributed by atoms with Gasteiger partial charge in [-0.2, -0.15) is 5.10 Å². The topological polar surface area (TPSA) is 103 Å². The molecule has 0 atom stereocenters. The van der Waals surface area contributed by atoms with Crippen LogP contribution in [0.4, 0.5) is 5.13 Å². The summed E-state index contributed by atoms with van der Waals surface area (Å²) in [5, 5.41) is 6.28. The molecule has 0 aliphatic carbocycles. The lowest BCUT2D eigenvalue weighted by Gasteiger charge is -2.05. The fourth-order valence-corrected chi connectivity index (χ4v) is 4.72. The van der Waals surface area contributed by atoms with Crippen molar-refractivity contribution in [3.8, 4) is 11.3 Å². The molecule has 1 aromatic carbocycles. The zero-order valence-electron chi connectivity index (χ0n) is 16.3. The number of rotatable bonds is 8. The standard InChI is InChI=1S/C19H22N4O4S2/c1-4-27-17(24)10-15-12-28-19(20-15)22-29(25,26)16-11-23(13(2)3)21-18(16)14-8-6-5-7-9-14/h5-9,11-13H,4,10H2,1-3H3,(H,20,22). The maximum atomic E-state index is 13.1. The van der Waals surface area contributed by atoms with Crippen LogP contribution in [0, 0.1) is 0 Å². The Kier molecular flexibility index (Phi) is 6.33. The highest BCUT2D eigenvalue weighted by Gasteiger charge is 2.25. The fourth-order valence-electron chi connectivity index (χ4n) is 2.60. The van der Waals surface area contributed by atoms with Gasteiger partial charge in [-0.1, -0.05) is 30.3 Å². The van der Waals surface area contributed by atoms with Crippen molar-refractivity contribution in [2.24, 2.45) is 0 Å². The Balaban J connectivity index is 1.90. The van der Waals surface area contributed by atoms with E-state index < -0.39 is 16.0 Å². The van der Waals surface area contributed by atoms with Gasteiger partial charge < -0.3 is 4.74 Å². The number of nitrogens with zero attached hydrogens (tertiary/aromatic N) is 3. The van der Waals surface area contributed by atoms with E-state index in [1.165, 1.54) is 6.20 Å². The summed E-state index contributed by atoms with van der Waals surface area (Å²) in [7, 11) is -3.93. The molecule has 0 amide bonds. The molecule has 0 aliphatic rings. The average Bonchev–Trinajstić information content (AvgIpc) is 3.30. The van der Waals surface area contributed by atoms with Gasteiger partial charge in [0, 0.05) is 23.2 Å². The van der Waals surface area contributed by atoms with E-state index in [-0.39, 0.29) is 29.1 Å². The van der Waals surface area contributed by atoms with Crippen LogP contribution in [0.25, 0.3) is 11.3 Å². The number of carbonyl (C=O) groups excluding carboxylic acids is 1. The molecule has 0 aliphatic heterocycles. The number of ether oxygens (including phenoxy) is 1. The highest BCUT2D eigenvalue weighted by atomic mass is 32.2. The molecule has 29 heavy (non-hydrogen) atoms. The molecule has 154 valence electrons. The van der Waals surface area contributed by atoms with Gasteiger partial charge in [0.2, 0.25) is 0 Å². The molecule has 0 saturated heterocycles. The largest absolute Gasteiger partial charge is 0.466 e. The molecule has 0 radical (unpaired) electrons. The summed E-state index contributed by atoms with van der Waals surface area (Å²) in [5.41, 5.74) is 1.52. The maximum absolute atomic E-state index is 13.1. The van der Waals surface area contributed by atoms with Gasteiger partial charge in [0.1, 0.15) is 10.6 Å². The SMILES string of the molecule is CCOC(=O)Cc1csc(NS(=O)(=O)c2cn(C(C)C)nc2-c2ccccc2)n1. The average molecular weight is 435 g/mol. The lowest BCUT2D eigenvalue weighted by Crippen LogP contribution is -2.13. The molecule has 3 aromatic rings. The van der Waals surface area contributed by atoms with E-state index in [4.69, 9.17) is 4.74 Å². The summed E-state index contributed by atoms with van der Waals surface area (Å²) in [6.45, 7) is 5.85. The molecule has 0 saturated carbocycles. The first kappa shape index (κ1) is 21.0. The van der Waals surface area contributed by atoms with Crippen LogP contribution < -0.4 is 4.72 Å². The number of thiazole rings is 1. The molecule has 0 fully saturated rings.